The van der Waals surface area contributed by atoms with Crippen molar-refractivity contribution >= 4 is 16.1 Å². The summed E-state index contributed by atoms with van der Waals surface area (Å²) in [7, 11) is -2.64. The summed E-state index contributed by atoms with van der Waals surface area (Å²) in [6.07, 6.45) is 13.7. The number of allylic oxidation sites excluding steroid dienone is 2. The Hall–Kier alpha value is 0.511. The third kappa shape index (κ3) is 7.40. The van der Waals surface area contributed by atoms with Gasteiger partial charge in [0.05, 0.1) is 0 Å². The molecular weight excluding hydrogens is 315 g/mol. The maximum atomic E-state index is 4.07. The van der Waals surface area contributed by atoms with E-state index in [9.17, 15) is 0 Å². The summed E-state index contributed by atoms with van der Waals surface area (Å²) in [6.45, 7) is 17.4. The average molecular weight is 357 g/mol. The topological polar surface area (TPSA) is 0 Å². The van der Waals surface area contributed by atoms with Gasteiger partial charge in [0, 0.05) is 8.07 Å². The minimum absolute atomic E-state index is 0. The summed E-state index contributed by atoms with van der Waals surface area (Å²) >= 11 is 0. The van der Waals surface area contributed by atoms with Crippen LogP contribution in [0.3, 0.4) is 0 Å². The maximum Gasteiger partial charge on any atom is 1.00 e. The van der Waals surface area contributed by atoms with E-state index in [4.69, 9.17) is 0 Å². The van der Waals surface area contributed by atoms with Crippen molar-refractivity contribution in [2.24, 2.45) is 0 Å². The summed E-state index contributed by atoms with van der Waals surface area (Å²) in [4.78, 5) is 1.94. The van der Waals surface area contributed by atoms with Crippen LogP contribution in [0.25, 0.3) is 0 Å². The Bertz CT molecular complexity index is 428. The fraction of sp³-hybridized carbons (Fsp3) is 0.810. The molecule has 0 saturated heterocycles. The van der Waals surface area contributed by atoms with E-state index >= 15 is 0 Å². The summed E-state index contributed by atoms with van der Waals surface area (Å²) in [5.74, 6) is 0. The van der Waals surface area contributed by atoms with Crippen molar-refractivity contribution in [3.05, 3.63) is 21.7 Å². The predicted octanol–water partition coefficient (Wildman–Crippen LogP) is 4.64. The molecule has 0 aromatic carbocycles. The predicted molar refractivity (Wildman–Crippen MR) is 112 cm³/mol. The molecule has 0 fully saturated rings. The van der Waals surface area contributed by atoms with Crippen molar-refractivity contribution in [1.29, 1.82) is 0 Å². The molecular formula is C21H41LiSi2. The summed E-state index contributed by atoms with van der Waals surface area (Å²) in [5.41, 5.74) is 7.53. The molecule has 0 nitrogen and oxygen atoms in total. The van der Waals surface area contributed by atoms with Gasteiger partial charge in [-0.15, -0.1) is 0 Å². The molecule has 1 rings (SSSR count). The molecule has 0 spiro atoms. The minimum Gasteiger partial charge on any atom is -0.273 e. The van der Waals surface area contributed by atoms with E-state index in [0.717, 1.165) is 0 Å². The monoisotopic (exact) mass is 356 g/mol. The Kier molecular flexibility index (Phi) is 11.5. The quantitative estimate of drug-likeness (QED) is 0.287. The number of hydrogen-bond donors (Lipinski definition) is 0. The first-order valence-corrected chi connectivity index (χ1v) is 16.6. The first-order chi connectivity index (χ1) is 10.7. The first kappa shape index (κ1) is 24.5. The SMILES string of the molecule is CCCCCCC1=[C-][Si](C)(C)C([Si](C)(C)C)=C1CCCCCC.[Li+]. The molecule has 0 radical (unpaired) electrons. The molecule has 0 N–H and O–H groups in total. The van der Waals surface area contributed by atoms with Crippen molar-refractivity contribution in [3.63, 3.8) is 0 Å². The van der Waals surface area contributed by atoms with Gasteiger partial charge in [-0.05, 0) is 8.07 Å². The van der Waals surface area contributed by atoms with Crippen LogP contribution in [0.4, 0.5) is 0 Å². The fourth-order valence-corrected chi connectivity index (χ4v) is 15.4. The van der Waals surface area contributed by atoms with Crippen LogP contribution in [0.2, 0.25) is 32.7 Å². The third-order valence-corrected chi connectivity index (χ3v) is 13.5. The molecule has 0 unspecified atom stereocenters. The van der Waals surface area contributed by atoms with Gasteiger partial charge in [0.25, 0.3) is 0 Å². The van der Waals surface area contributed by atoms with E-state index in [-0.39, 0.29) is 18.9 Å². The summed E-state index contributed by atoms with van der Waals surface area (Å²) in [6, 6.07) is 0. The molecule has 1 aliphatic rings. The van der Waals surface area contributed by atoms with Crippen molar-refractivity contribution in [2.75, 3.05) is 0 Å². The maximum absolute atomic E-state index is 4.07. The zero-order chi connectivity index (χ0) is 17.5. The van der Waals surface area contributed by atoms with Gasteiger partial charge in [-0.1, -0.05) is 111 Å². The fourth-order valence-electron chi connectivity index (χ4n) is 4.38. The Morgan fingerprint density at radius 2 is 1.29 bits per heavy atom. The van der Waals surface area contributed by atoms with Crippen molar-refractivity contribution < 1.29 is 18.9 Å². The van der Waals surface area contributed by atoms with Gasteiger partial charge < -0.3 is 0 Å². The molecule has 0 aromatic heterocycles. The molecule has 0 aliphatic carbocycles. The van der Waals surface area contributed by atoms with Crippen LogP contribution in [-0.2, 0) is 0 Å². The van der Waals surface area contributed by atoms with Gasteiger partial charge in [0.2, 0.25) is 0 Å². The van der Waals surface area contributed by atoms with Crippen LogP contribution in [0, 0.1) is 5.70 Å². The molecule has 24 heavy (non-hydrogen) atoms. The van der Waals surface area contributed by atoms with E-state index < -0.39 is 16.1 Å². The van der Waals surface area contributed by atoms with E-state index in [1.54, 1.807) is 11.1 Å². The van der Waals surface area contributed by atoms with Gasteiger partial charge in [-0.2, -0.15) is 4.82 Å². The molecule has 0 aromatic rings. The molecule has 0 bridgehead atoms. The van der Waals surface area contributed by atoms with Gasteiger partial charge in [-0.3, -0.25) is 5.70 Å². The Morgan fingerprint density at radius 3 is 1.75 bits per heavy atom. The smallest absolute Gasteiger partial charge is 0.273 e. The molecule has 1 aliphatic heterocycles. The second-order valence-electron chi connectivity index (χ2n) is 8.95. The Morgan fingerprint density at radius 1 is 0.792 bits per heavy atom. The molecule has 0 amide bonds. The van der Waals surface area contributed by atoms with Gasteiger partial charge >= 0.3 is 18.9 Å². The second-order valence-corrected chi connectivity index (χ2v) is 18.5. The van der Waals surface area contributed by atoms with E-state index in [1.165, 1.54) is 64.2 Å². The normalized spacial score (nSPS) is 17.0. The zero-order valence-corrected chi connectivity index (χ0v) is 20.1. The van der Waals surface area contributed by atoms with Crippen LogP contribution in [0.5, 0.6) is 0 Å². The Labute approximate surface area is 167 Å². The average Bonchev–Trinajstić information content (AvgIpc) is 2.70. The second kappa shape index (κ2) is 11.3. The Balaban J connectivity index is 0.00000529. The number of unbranched alkanes of at least 4 members (excludes halogenated alkanes) is 6. The van der Waals surface area contributed by atoms with Crippen LogP contribution in [-0.4, -0.2) is 16.1 Å². The van der Waals surface area contributed by atoms with Crippen LogP contribution >= 0.6 is 0 Å². The van der Waals surface area contributed by atoms with E-state index in [0.29, 0.717) is 0 Å². The van der Waals surface area contributed by atoms with Gasteiger partial charge in [0.15, 0.2) is 0 Å². The van der Waals surface area contributed by atoms with Crippen molar-refractivity contribution in [1.82, 2.24) is 0 Å². The van der Waals surface area contributed by atoms with Gasteiger partial charge in [0.1, 0.15) is 0 Å². The number of rotatable bonds is 11. The molecule has 134 valence electrons. The molecule has 3 heteroatoms. The standard InChI is InChI=1S/C21H41Si2.Li/c1-8-10-12-14-16-19-18-23(6,7)21(22(3,4)5)20(19)17-15-13-11-9-2;/h8-17H2,1-7H3;/q-1;+1. The number of hydrogen-bond acceptors (Lipinski definition) is 0. The molecule has 0 saturated carbocycles. The van der Waals surface area contributed by atoms with Crippen molar-refractivity contribution in [3.8, 4) is 0 Å². The van der Waals surface area contributed by atoms with E-state index in [2.05, 4.69) is 52.3 Å². The third-order valence-electron chi connectivity index (χ3n) is 5.07. The first-order valence-electron chi connectivity index (χ1n) is 10.1. The summed E-state index contributed by atoms with van der Waals surface area (Å²) in [5, 5.41) is 0. The van der Waals surface area contributed by atoms with Crippen molar-refractivity contribution in [2.45, 2.75) is 111 Å². The van der Waals surface area contributed by atoms with Crippen LogP contribution < -0.4 is 18.9 Å². The minimum atomic E-state index is -1.41. The van der Waals surface area contributed by atoms with Gasteiger partial charge in [-0.25, -0.2) is 11.1 Å². The van der Waals surface area contributed by atoms with Crippen LogP contribution in [0.1, 0.15) is 78.1 Å². The molecule has 1 heterocycles. The summed E-state index contributed by atoms with van der Waals surface area (Å²) < 4.78 is 0. The molecule has 0 atom stereocenters. The van der Waals surface area contributed by atoms with Crippen LogP contribution in [0.15, 0.2) is 16.0 Å². The van der Waals surface area contributed by atoms with E-state index in [1.807, 2.05) is 4.82 Å². The largest absolute Gasteiger partial charge is 1.00 e. The zero-order valence-electron chi connectivity index (χ0n) is 18.1.